The second kappa shape index (κ2) is 9.78. The zero-order chi connectivity index (χ0) is 22.6. The monoisotopic (exact) mass is 498 g/mol. The lowest BCUT2D eigenvalue weighted by Crippen LogP contribution is -2.16. The molecule has 162 valence electrons. The van der Waals surface area contributed by atoms with Crippen molar-refractivity contribution in [3.8, 4) is 5.75 Å². The van der Waals surface area contributed by atoms with Gasteiger partial charge in [-0.05, 0) is 61.5 Å². The molecule has 0 radical (unpaired) electrons. The fraction of sp³-hybridized carbons (Fsp3) is 0.0952. The molecule has 0 unspecified atom stereocenters. The number of benzene rings is 3. The van der Waals surface area contributed by atoms with Gasteiger partial charge in [-0.3, -0.25) is 9.52 Å². The highest BCUT2D eigenvalue weighted by Crippen LogP contribution is 2.31. The molecule has 31 heavy (non-hydrogen) atoms. The van der Waals surface area contributed by atoms with E-state index in [0.717, 1.165) is 0 Å². The van der Waals surface area contributed by atoms with Crippen LogP contribution < -0.4 is 14.8 Å². The first-order chi connectivity index (χ1) is 14.7. The second-order valence-electron chi connectivity index (χ2n) is 6.29. The number of hydrogen-bond acceptors (Lipinski definition) is 4. The van der Waals surface area contributed by atoms with Crippen LogP contribution in [0.3, 0.4) is 0 Å². The van der Waals surface area contributed by atoms with E-state index in [-0.39, 0.29) is 21.3 Å². The molecule has 0 aliphatic carbocycles. The van der Waals surface area contributed by atoms with Crippen LogP contribution in [-0.2, 0) is 10.0 Å². The maximum Gasteiger partial charge on any atom is 0.262 e. The highest BCUT2D eigenvalue weighted by molar-refractivity contribution is 7.92. The van der Waals surface area contributed by atoms with Crippen molar-refractivity contribution in [3.05, 3.63) is 81.3 Å². The van der Waals surface area contributed by atoms with E-state index >= 15 is 0 Å². The van der Waals surface area contributed by atoms with Crippen molar-refractivity contribution >= 4 is 62.1 Å². The van der Waals surface area contributed by atoms with E-state index in [9.17, 15) is 13.2 Å². The van der Waals surface area contributed by atoms with Crippen LogP contribution in [-0.4, -0.2) is 20.9 Å². The standard InChI is InChI=1S/C21H17Cl3N2O4S/c1-2-30-20-9-7-16(31(28,29)26-18-11-15(23)6-8-17(18)24)12-19(20)25-21(27)13-4-3-5-14(22)10-13/h3-12,26H,2H2,1H3,(H,25,27). The molecule has 0 aliphatic rings. The minimum absolute atomic E-state index is 0.103. The van der Waals surface area contributed by atoms with Gasteiger partial charge in [-0.2, -0.15) is 0 Å². The number of ether oxygens (including phenoxy) is 1. The number of anilines is 2. The fourth-order valence-electron chi connectivity index (χ4n) is 2.66. The minimum atomic E-state index is -4.03. The summed E-state index contributed by atoms with van der Waals surface area (Å²) >= 11 is 17.9. The summed E-state index contributed by atoms with van der Waals surface area (Å²) in [5.41, 5.74) is 0.631. The van der Waals surface area contributed by atoms with Crippen molar-refractivity contribution in [2.75, 3.05) is 16.6 Å². The average Bonchev–Trinajstić information content (AvgIpc) is 2.72. The summed E-state index contributed by atoms with van der Waals surface area (Å²) in [6.07, 6.45) is 0. The lowest BCUT2D eigenvalue weighted by molar-refractivity contribution is 0.102. The quantitative estimate of drug-likeness (QED) is 0.411. The third kappa shape index (κ3) is 5.83. The number of carbonyl (C=O) groups excluding carboxylic acids is 1. The van der Waals surface area contributed by atoms with E-state index in [1.807, 2.05) is 0 Å². The third-order valence-corrected chi connectivity index (χ3v) is 6.23. The van der Waals surface area contributed by atoms with Crippen molar-refractivity contribution in [1.82, 2.24) is 0 Å². The summed E-state index contributed by atoms with van der Waals surface area (Å²) < 4.78 is 33.7. The summed E-state index contributed by atoms with van der Waals surface area (Å²) in [5.74, 6) is -0.151. The third-order valence-electron chi connectivity index (χ3n) is 4.07. The van der Waals surface area contributed by atoms with Crippen molar-refractivity contribution in [1.29, 1.82) is 0 Å². The first-order valence-corrected chi connectivity index (χ1v) is 11.6. The first kappa shape index (κ1) is 23.2. The smallest absolute Gasteiger partial charge is 0.262 e. The van der Waals surface area contributed by atoms with Crippen LogP contribution in [0.15, 0.2) is 65.6 Å². The van der Waals surface area contributed by atoms with Crippen LogP contribution in [0.4, 0.5) is 11.4 Å². The molecular weight excluding hydrogens is 483 g/mol. The minimum Gasteiger partial charge on any atom is -0.492 e. The summed E-state index contributed by atoms with van der Waals surface area (Å²) in [4.78, 5) is 12.5. The summed E-state index contributed by atoms with van der Waals surface area (Å²) in [5, 5.41) is 3.58. The van der Waals surface area contributed by atoms with Gasteiger partial charge in [0.2, 0.25) is 0 Å². The maximum absolute atomic E-state index is 12.9. The molecule has 10 heteroatoms. The van der Waals surface area contributed by atoms with Crippen LogP contribution in [0.5, 0.6) is 5.75 Å². The maximum atomic E-state index is 12.9. The number of halogens is 3. The predicted molar refractivity (Wildman–Crippen MR) is 124 cm³/mol. The number of sulfonamides is 1. The van der Waals surface area contributed by atoms with Crippen LogP contribution in [0, 0.1) is 0 Å². The van der Waals surface area contributed by atoms with Gasteiger partial charge in [0.1, 0.15) is 5.75 Å². The van der Waals surface area contributed by atoms with E-state index < -0.39 is 15.9 Å². The molecule has 0 aliphatic heterocycles. The molecule has 3 aromatic carbocycles. The Labute approximate surface area is 195 Å². The van der Waals surface area contributed by atoms with Gasteiger partial charge < -0.3 is 10.1 Å². The molecule has 0 spiro atoms. The topological polar surface area (TPSA) is 84.5 Å². The Kier molecular flexibility index (Phi) is 7.33. The molecular formula is C21H17Cl3N2O4S. The Morgan fingerprint density at radius 1 is 0.935 bits per heavy atom. The van der Waals surface area contributed by atoms with Crippen molar-refractivity contribution in [2.45, 2.75) is 11.8 Å². The molecule has 1 amide bonds. The summed E-state index contributed by atoms with van der Waals surface area (Å²) in [6, 6.07) is 14.9. The molecule has 0 saturated carbocycles. The molecule has 0 atom stereocenters. The van der Waals surface area contributed by atoms with Crippen molar-refractivity contribution in [2.24, 2.45) is 0 Å². The van der Waals surface area contributed by atoms with E-state index in [0.29, 0.717) is 28.0 Å². The molecule has 3 aromatic rings. The first-order valence-electron chi connectivity index (χ1n) is 9.01. The zero-order valence-electron chi connectivity index (χ0n) is 16.2. The number of amides is 1. The SMILES string of the molecule is CCOc1ccc(S(=O)(=O)Nc2cc(Cl)ccc2Cl)cc1NC(=O)c1cccc(Cl)c1. The van der Waals surface area contributed by atoms with Gasteiger partial charge >= 0.3 is 0 Å². The second-order valence-corrected chi connectivity index (χ2v) is 9.25. The van der Waals surface area contributed by atoms with Gasteiger partial charge in [-0.25, -0.2) is 8.42 Å². The van der Waals surface area contributed by atoms with E-state index in [1.165, 1.54) is 36.4 Å². The molecule has 6 nitrogen and oxygen atoms in total. The molecule has 0 aromatic heterocycles. The highest BCUT2D eigenvalue weighted by Gasteiger charge is 2.20. The number of carbonyl (C=O) groups is 1. The Morgan fingerprint density at radius 3 is 2.39 bits per heavy atom. The largest absolute Gasteiger partial charge is 0.492 e. The van der Waals surface area contributed by atoms with Gasteiger partial charge in [-0.15, -0.1) is 0 Å². The van der Waals surface area contributed by atoms with Gasteiger partial charge in [0.15, 0.2) is 0 Å². The number of hydrogen-bond donors (Lipinski definition) is 2. The highest BCUT2D eigenvalue weighted by atomic mass is 35.5. The van der Waals surface area contributed by atoms with Crippen molar-refractivity contribution < 1.29 is 17.9 Å². The summed E-state index contributed by atoms with van der Waals surface area (Å²) in [6.45, 7) is 2.10. The molecule has 0 bridgehead atoms. The van der Waals surface area contributed by atoms with E-state index in [2.05, 4.69) is 10.0 Å². The lowest BCUT2D eigenvalue weighted by Gasteiger charge is -2.15. The number of rotatable bonds is 7. The normalized spacial score (nSPS) is 11.1. The number of nitrogens with one attached hydrogen (secondary N) is 2. The van der Waals surface area contributed by atoms with Gasteiger partial charge in [0.05, 0.1) is 27.9 Å². The van der Waals surface area contributed by atoms with Crippen LogP contribution in [0.1, 0.15) is 17.3 Å². The Balaban J connectivity index is 1.95. The Hall–Kier alpha value is -2.45. The van der Waals surface area contributed by atoms with E-state index in [4.69, 9.17) is 39.5 Å². The molecule has 3 rings (SSSR count). The Bertz CT molecular complexity index is 1230. The Morgan fingerprint density at radius 2 is 1.68 bits per heavy atom. The van der Waals surface area contributed by atoms with E-state index in [1.54, 1.807) is 31.2 Å². The van der Waals surface area contributed by atoms with Gasteiger partial charge in [0.25, 0.3) is 15.9 Å². The van der Waals surface area contributed by atoms with Crippen LogP contribution in [0.25, 0.3) is 0 Å². The van der Waals surface area contributed by atoms with Gasteiger partial charge in [-0.1, -0.05) is 40.9 Å². The lowest BCUT2D eigenvalue weighted by atomic mass is 10.2. The molecule has 2 N–H and O–H groups in total. The average molecular weight is 500 g/mol. The molecule has 0 heterocycles. The van der Waals surface area contributed by atoms with Crippen molar-refractivity contribution in [3.63, 3.8) is 0 Å². The summed E-state index contributed by atoms with van der Waals surface area (Å²) in [7, 11) is -4.03. The fourth-order valence-corrected chi connectivity index (χ4v) is 4.34. The van der Waals surface area contributed by atoms with Gasteiger partial charge in [0, 0.05) is 15.6 Å². The predicted octanol–water partition coefficient (Wildman–Crippen LogP) is 6.10. The van der Waals surface area contributed by atoms with Crippen LogP contribution >= 0.6 is 34.8 Å². The molecule has 0 fully saturated rings. The zero-order valence-corrected chi connectivity index (χ0v) is 19.2. The molecule has 0 saturated heterocycles. The van der Waals surface area contributed by atoms with Crippen LogP contribution in [0.2, 0.25) is 15.1 Å².